The molecule has 0 spiro atoms. The number of nitriles is 2. The Morgan fingerprint density at radius 2 is 1.65 bits per heavy atom. The molecule has 0 saturated carbocycles. The van der Waals surface area contributed by atoms with Crippen LogP contribution >= 0.6 is 11.6 Å². The van der Waals surface area contributed by atoms with Gasteiger partial charge in [-0.1, -0.05) is 11.6 Å². The minimum atomic E-state index is -1.18. The molecule has 1 rings (SSSR count). The summed E-state index contributed by atoms with van der Waals surface area (Å²) in [7, 11) is 0. The van der Waals surface area contributed by atoms with Gasteiger partial charge in [0, 0.05) is 13.1 Å². The van der Waals surface area contributed by atoms with Crippen molar-refractivity contribution in [3.05, 3.63) is 34.4 Å². The molecule has 0 atom stereocenters. The van der Waals surface area contributed by atoms with E-state index in [0.29, 0.717) is 6.07 Å². The molecule has 0 aliphatic rings. The maximum atomic E-state index is 13.2. The van der Waals surface area contributed by atoms with Gasteiger partial charge in [0.15, 0.2) is 11.6 Å². The van der Waals surface area contributed by atoms with Crippen LogP contribution in [-0.2, 0) is 0 Å². The average molecular weight is 298 g/mol. The number of hydrogen-bond acceptors (Lipinski definition) is 3. The predicted octanol–water partition coefficient (Wildman–Crippen LogP) is 2.89. The highest BCUT2D eigenvalue weighted by molar-refractivity contribution is 6.33. The summed E-state index contributed by atoms with van der Waals surface area (Å²) in [5.74, 6) is -2.97. The van der Waals surface area contributed by atoms with Gasteiger partial charge in [-0.05, 0) is 12.1 Å². The van der Waals surface area contributed by atoms with Crippen molar-refractivity contribution < 1.29 is 13.6 Å². The number of halogens is 3. The van der Waals surface area contributed by atoms with Crippen LogP contribution in [0.5, 0.6) is 0 Å². The molecule has 7 heteroatoms. The second kappa shape index (κ2) is 7.42. The van der Waals surface area contributed by atoms with E-state index in [1.807, 2.05) is 12.1 Å². The molecule has 0 aromatic heterocycles. The van der Waals surface area contributed by atoms with Gasteiger partial charge in [0.1, 0.15) is 0 Å². The third-order valence-corrected chi connectivity index (χ3v) is 2.83. The predicted molar refractivity (Wildman–Crippen MR) is 67.7 cm³/mol. The summed E-state index contributed by atoms with van der Waals surface area (Å²) in [6, 6.07) is 5.18. The molecule has 0 radical (unpaired) electrons. The van der Waals surface area contributed by atoms with Gasteiger partial charge in [-0.3, -0.25) is 4.79 Å². The Morgan fingerprint density at radius 3 is 2.15 bits per heavy atom. The van der Waals surface area contributed by atoms with E-state index in [1.165, 1.54) is 4.90 Å². The molecular weight excluding hydrogens is 288 g/mol. The van der Waals surface area contributed by atoms with Crippen molar-refractivity contribution in [1.29, 1.82) is 10.5 Å². The SMILES string of the molecule is N#CCCN(CCC#N)C(=O)c1cc(F)c(F)cc1Cl. The molecule has 0 aliphatic heterocycles. The number of hydrogen-bond donors (Lipinski definition) is 0. The lowest BCUT2D eigenvalue weighted by molar-refractivity contribution is 0.0762. The molecule has 104 valence electrons. The highest BCUT2D eigenvalue weighted by Gasteiger charge is 2.20. The number of nitrogens with zero attached hydrogens (tertiary/aromatic N) is 3. The Kier molecular flexibility index (Phi) is 5.89. The van der Waals surface area contributed by atoms with Gasteiger partial charge in [0.2, 0.25) is 0 Å². The van der Waals surface area contributed by atoms with Crippen molar-refractivity contribution in [3.8, 4) is 12.1 Å². The zero-order valence-corrected chi connectivity index (χ0v) is 11.1. The van der Waals surface area contributed by atoms with E-state index in [4.69, 9.17) is 22.1 Å². The number of carbonyl (C=O) groups excluding carboxylic acids is 1. The first-order chi connectivity index (χ1) is 9.51. The molecule has 20 heavy (non-hydrogen) atoms. The zero-order chi connectivity index (χ0) is 15.1. The minimum Gasteiger partial charge on any atom is -0.337 e. The van der Waals surface area contributed by atoms with Crippen LogP contribution in [0.25, 0.3) is 0 Å². The van der Waals surface area contributed by atoms with Crippen LogP contribution in [0.15, 0.2) is 12.1 Å². The maximum absolute atomic E-state index is 13.2. The van der Waals surface area contributed by atoms with Gasteiger partial charge in [0.05, 0.1) is 35.6 Å². The fourth-order valence-corrected chi connectivity index (χ4v) is 1.77. The van der Waals surface area contributed by atoms with Crippen molar-refractivity contribution in [3.63, 3.8) is 0 Å². The molecule has 0 fully saturated rings. The van der Waals surface area contributed by atoms with Crippen molar-refractivity contribution >= 4 is 17.5 Å². The Hall–Kier alpha value is -2.18. The quantitative estimate of drug-likeness (QED) is 0.785. The first-order valence-corrected chi connectivity index (χ1v) is 6.06. The number of benzene rings is 1. The molecule has 0 aliphatic carbocycles. The summed E-state index contributed by atoms with van der Waals surface area (Å²) >= 11 is 5.72. The second-order valence-electron chi connectivity index (χ2n) is 3.85. The largest absolute Gasteiger partial charge is 0.337 e. The van der Waals surface area contributed by atoms with E-state index in [0.717, 1.165) is 6.07 Å². The summed E-state index contributed by atoms with van der Waals surface area (Å²) in [6.07, 6.45) is 0.136. The maximum Gasteiger partial charge on any atom is 0.255 e. The molecule has 4 nitrogen and oxygen atoms in total. The van der Waals surface area contributed by atoms with Crippen LogP contribution in [0.3, 0.4) is 0 Å². The van der Waals surface area contributed by atoms with Crippen molar-refractivity contribution in [1.82, 2.24) is 4.90 Å². The van der Waals surface area contributed by atoms with E-state index in [9.17, 15) is 13.6 Å². The average Bonchev–Trinajstić information content (AvgIpc) is 2.42. The summed E-state index contributed by atoms with van der Waals surface area (Å²) in [6.45, 7) is 0.179. The van der Waals surface area contributed by atoms with E-state index < -0.39 is 17.5 Å². The highest BCUT2D eigenvalue weighted by atomic mass is 35.5. The van der Waals surface area contributed by atoms with E-state index >= 15 is 0 Å². The second-order valence-corrected chi connectivity index (χ2v) is 4.26. The van der Waals surface area contributed by atoms with Crippen molar-refractivity contribution in [2.45, 2.75) is 12.8 Å². The fourth-order valence-electron chi connectivity index (χ4n) is 1.54. The first kappa shape index (κ1) is 15.9. The minimum absolute atomic E-state index is 0.0679. The van der Waals surface area contributed by atoms with Crippen LogP contribution in [0.1, 0.15) is 23.2 Å². The monoisotopic (exact) mass is 297 g/mol. The molecular formula is C13H10ClF2N3O. The van der Waals surface area contributed by atoms with Crippen molar-refractivity contribution in [2.24, 2.45) is 0 Å². The fraction of sp³-hybridized carbons (Fsp3) is 0.308. The molecule has 0 bridgehead atoms. The molecule has 0 saturated heterocycles. The third-order valence-electron chi connectivity index (χ3n) is 2.51. The van der Waals surface area contributed by atoms with Crippen molar-refractivity contribution in [2.75, 3.05) is 13.1 Å². The van der Waals surface area contributed by atoms with Crippen LogP contribution < -0.4 is 0 Å². The number of amides is 1. The van der Waals surface area contributed by atoms with Crippen LogP contribution in [0.4, 0.5) is 8.78 Å². The van der Waals surface area contributed by atoms with Gasteiger partial charge in [-0.25, -0.2) is 8.78 Å². The first-order valence-electron chi connectivity index (χ1n) is 5.69. The Balaban J connectivity index is 3.02. The highest BCUT2D eigenvalue weighted by Crippen LogP contribution is 2.21. The third kappa shape index (κ3) is 3.91. The van der Waals surface area contributed by atoms with Gasteiger partial charge in [-0.2, -0.15) is 10.5 Å². The summed E-state index contributed by atoms with van der Waals surface area (Å²) in [4.78, 5) is 13.4. The normalized spacial score (nSPS) is 9.65. The Bertz CT molecular complexity index is 575. The lowest BCUT2D eigenvalue weighted by atomic mass is 10.1. The standard InChI is InChI=1S/C13H10ClF2N3O/c14-10-8-12(16)11(15)7-9(10)13(20)19(5-1-3-17)6-2-4-18/h7-8H,1-2,5-6H2. The van der Waals surface area contributed by atoms with Crippen LogP contribution in [-0.4, -0.2) is 23.9 Å². The summed E-state index contributed by atoms with van der Waals surface area (Å²) in [5, 5.41) is 16.9. The van der Waals surface area contributed by atoms with E-state index in [2.05, 4.69) is 0 Å². The Labute approximate surface area is 119 Å². The number of carbonyl (C=O) groups is 1. The van der Waals surface area contributed by atoms with Gasteiger partial charge < -0.3 is 4.90 Å². The van der Waals surface area contributed by atoms with Crippen LogP contribution in [0, 0.1) is 34.3 Å². The molecule has 1 amide bonds. The van der Waals surface area contributed by atoms with Crippen LogP contribution in [0.2, 0.25) is 5.02 Å². The van der Waals surface area contributed by atoms with E-state index in [-0.39, 0.29) is 36.5 Å². The smallest absolute Gasteiger partial charge is 0.255 e. The zero-order valence-electron chi connectivity index (χ0n) is 10.4. The summed E-state index contributed by atoms with van der Waals surface area (Å²) < 4.78 is 26.1. The molecule has 0 unspecified atom stereocenters. The molecule has 1 aromatic rings. The number of rotatable bonds is 5. The molecule has 0 N–H and O–H groups in total. The lowest BCUT2D eigenvalue weighted by Gasteiger charge is -2.21. The van der Waals surface area contributed by atoms with E-state index in [1.54, 1.807) is 0 Å². The van der Waals surface area contributed by atoms with Gasteiger partial charge in [0.25, 0.3) is 5.91 Å². The molecule has 0 heterocycles. The Morgan fingerprint density at radius 1 is 1.15 bits per heavy atom. The van der Waals surface area contributed by atoms with Gasteiger partial charge >= 0.3 is 0 Å². The van der Waals surface area contributed by atoms with Gasteiger partial charge in [-0.15, -0.1) is 0 Å². The topological polar surface area (TPSA) is 67.9 Å². The lowest BCUT2D eigenvalue weighted by Crippen LogP contribution is -2.33. The molecule has 1 aromatic carbocycles. The summed E-state index contributed by atoms with van der Waals surface area (Å²) in [5.41, 5.74) is -0.193.